The second-order valence-corrected chi connectivity index (χ2v) is 6.85. The highest BCUT2D eigenvalue weighted by Crippen LogP contribution is 2.24. The van der Waals surface area contributed by atoms with Gasteiger partial charge in [0, 0.05) is 17.2 Å². The van der Waals surface area contributed by atoms with Crippen molar-refractivity contribution < 1.29 is 14.6 Å². The molecule has 25 heavy (non-hydrogen) atoms. The van der Waals surface area contributed by atoms with Crippen molar-refractivity contribution >= 4 is 11.6 Å². The third-order valence-corrected chi connectivity index (χ3v) is 3.93. The Kier molecular flexibility index (Phi) is 5.47. The van der Waals surface area contributed by atoms with Crippen LogP contribution in [-0.2, 0) is 5.41 Å². The first kappa shape index (κ1) is 18.5. The Morgan fingerprint density at radius 1 is 1.12 bits per heavy atom. The third-order valence-electron chi connectivity index (χ3n) is 3.93. The number of carbonyl (C=O) groups is 1. The molecule has 1 amide bonds. The van der Waals surface area contributed by atoms with Gasteiger partial charge < -0.3 is 9.84 Å². The van der Waals surface area contributed by atoms with Gasteiger partial charge >= 0.3 is 0 Å². The summed E-state index contributed by atoms with van der Waals surface area (Å²) >= 11 is 0. The van der Waals surface area contributed by atoms with Crippen LogP contribution in [-0.4, -0.2) is 23.8 Å². The smallest absolute Gasteiger partial charge is 0.271 e. The number of nitrogens with zero attached hydrogens (tertiary/aromatic N) is 1. The second-order valence-electron chi connectivity index (χ2n) is 6.85. The Morgan fingerprint density at radius 3 is 2.28 bits per heavy atom. The molecule has 0 aliphatic rings. The number of rotatable bonds is 4. The van der Waals surface area contributed by atoms with Crippen molar-refractivity contribution in [3.05, 3.63) is 59.2 Å². The second kappa shape index (κ2) is 7.38. The number of hydrogen-bond donors (Lipinski definition) is 2. The van der Waals surface area contributed by atoms with Crippen molar-refractivity contribution in [2.45, 2.75) is 33.1 Å². The Labute approximate surface area is 148 Å². The maximum atomic E-state index is 12.2. The standard InChI is InChI=1S/C20H24N2O3/c1-13(17-11-10-16(25-5)12-18(17)23)21-22-19(24)14-6-8-15(9-7-14)20(2,3)4/h6-12,23H,1-5H3,(H,22,24). The van der Waals surface area contributed by atoms with Crippen molar-refractivity contribution in [3.63, 3.8) is 0 Å². The SMILES string of the molecule is COc1ccc(C(C)=NNC(=O)c2ccc(C(C)(C)C)cc2)c(O)c1. The molecule has 132 valence electrons. The summed E-state index contributed by atoms with van der Waals surface area (Å²) in [6.07, 6.45) is 0. The van der Waals surface area contributed by atoms with E-state index in [2.05, 4.69) is 31.3 Å². The molecule has 0 unspecified atom stereocenters. The normalized spacial score (nSPS) is 12.0. The number of carbonyl (C=O) groups excluding carboxylic acids is 1. The van der Waals surface area contributed by atoms with Crippen LogP contribution in [0.5, 0.6) is 11.5 Å². The Hall–Kier alpha value is -2.82. The fourth-order valence-electron chi connectivity index (χ4n) is 2.33. The van der Waals surface area contributed by atoms with Gasteiger partial charge in [0.15, 0.2) is 0 Å². The van der Waals surface area contributed by atoms with E-state index in [1.54, 1.807) is 31.2 Å². The van der Waals surface area contributed by atoms with Crippen LogP contribution in [0.3, 0.4) is 0 Å². The van der Waals surface area contributed by atoms with E-state index in [9.17, 15) is 9.90 Å². The van der Waals surface area contributed by atoms with Crippen LogP contribution in [0.25, 0.3) is 0 Å². The first-order valence-corrected chi connectivity index (χ1v) is 8.05. The lowest BCUT2D eigenvalue weighted by Crippen LogP contribution is -2.20. The summed E-state index contributed by atoms with van der Waals surface area (Å²) in [5.41, 5.74) is 5.28. The minimum Gasteiger partial charge on any atom is -0.507 e. The van der Waals surface area contributed by atoms with Gasteiger partial charge in [0.2, 0.25) is 0 Å². The zero-order chi connectivity index (χ0) is 18.6. The fourth-order valence-corrected chi connectivity index (χ4v) is 2.33. The van der Waals surface area contributed by atoms with Gasteiger partial charge in [0.05, 0.1) is 12.8 Å². The topological polar surface area (TPSA) is 70.9 Å². The van der Waals surface area contributed by atoms with E-state index in [1.165, 1.54) is 13.2 Å². The van der Waals surface area contributed by atoms with Gasteiger partial charge in [-0.05, 0) is 42.2 Å². The summed E-state index contributed by atoms with van der Waals surface area (Å²) in [4.78, 5) is 12.2. The number of nitrogens with one attached hydrogen (secondary N) is 1. The predicted octanol–water partition coefficient (Wildman–Crippen LogP) is 3.85. The zero-order valence-electron chi connectivity index (χ0n) is 15.3. The molecule has 0 heterocycles. The summed E-state index contributed by atoms with van der Waals surface area (Å²) < 4.78 is 5.05. The van der Waals surface area contributed by atoms with Crippen molar-refractivity contribution in [2.24, 2.45) is 5.10 Å². The lowest BCUT2D eigenvalue weighted by molar-refractivity contribution is 0.0954. The van der Waals surface area contributed by atoms with Crippen LogP contribution >= 0.6 is 0 Å². The molecule has 0 saturated carbocycles. The van der Waals surface area contributed by atoms with Gasteiger partial charge in [0.25, 0.3) is 5.91 Å². The maximum Gasteiger partial charge on any atom is 0.271 e. The number of phenolic OH excluding ortho intramolecular Hbond substituents is 1. The van der Waals surface area contributed by atoms with Gasteiger partial charge in [0.1, 0.15) is 11.5 Å². The molecular formula is C20H24N2O3. The number of hydrogen-bond acceptors (Lipinski definition) is 4. The third kappa shape index (κ3) is 4.59. The molecule has 0 radical (unpaired) electrons. The molecule has 0 atom stereocenters. The molecule has 0 aliphatic carbocycles. The van der Waals surface area contributed by atoms with Crippen LogP contribution in [0.15, 0.2) is 47.6 Å². The summed E-state index contributed by atoms with van der Waals surface area (Å²) in [6, 6.07) is 12.4. The van der Waals surface area contributed by atoms with Crippen LogP contribution in [0.2, 0.25) is 0 Å². The number of aromatic hydroxyl groups is 1. The first-order chi connectivity index (χ1) is 11.7. The van der Waals surface area contributed by atoms with Gasteiger partial charge in [-0.15, -0.1) is 0 Å². The largest absolute Gasteiger partial charge is 0.507 e. The molecule has 0 fully saturated rings. The van der Waals surface area contributed by atoms with Gasteiger partial charge in [-0.2, -0.15) is 5.10 Å². The summed E-state index contributed by atoms with van der Waals surface area (Å²) in [5.74, 6) is 0.300. The number of ether oxygens (including phenoxy) is 1. The highest BCUT2D eigenvalue weighted by Gasteiger charge is 2.14. The molecule has 5 heteroatoms. The number of amides is 1. The highest BCUT2D eigenvalue weighted by atomic mass is 16.5. The molecule has 0 aromatic heterocycles. The van der Waals surface area contributed by atoms with E-state index in [-0.39, 0.29) is 17.1 Å². The average molecular weight is 340 g/mol. The van der Waals surface area contributed by atoms with Crippen LogP contribution < -0.4 is 10.2 Å². The van der Waals surface area contributed by atoms with Crippen LogP contribution in [0.1, 0.15) is 49.2 Å². The maximum absolute atomic E-state index is 12.2. The van der Waals surface area contributed by atoms with Crippen molar-refractivity contribution in [1.82, 2.24) is 5.43 Å². The molecule has 0 bridgehead atoms. The molecule has 5 nitrogen and oxygen atoms in total. The highest BCUT2D eigenvalue weighted by molar-refractivity contribution is 6.02. The molecule has 0 saturated heterocycles. The zero-order valence-corrected chi connectivity index (χ0v) is 15.3. The summed E-state index contributed by atoms with van der Waals surface area (Å²) in [7, 11) is 1.53. The molecule has 0 aliphatic heterocycles. The van der Waals surface area contributed by atoms with Crippen LogP contribution in [0.4, 0.5) is 0 Å². The van der Waals surface area contributed by atoms with E-state index in [0.717, 1.165) is 5.56 Å². The fraction of sp³-hybridized carbons (Fsp3) is 0.300. The molecule has 0 spiro atoms. The minimum absolute atomic E-state index is 0.0373. The lowest BCUT2D eigenvalue weighted by atomic mass is 9.87. The summed E-state index contributed by atoms with van der Waals surface area (Å²) in [5, 5.41) is 14.1. The molecule has 2 rings (SSSR count). The molecule has 2 aromatic rings. The minimum atomic E-state index is -0.298. The van der Waals surface area contributed by atoms with Crippen molar-refractivity contribution in [2.75, 3.05) is 7.11 Å². The van der Waals surface area contributed by atoms with E-state index < -0.39 is 0 Å². The lowest BCUT2D eigenvalue weighted by Gasteiger charge is -2.18. The van der Waals surface area contributed by atoms with Crippen LogP contribution in [0, 0.1) is 0 Å². The van der Waals surface area contributed by atoms with Gasteiger partial charge in [-0.1, -0.05) is 32.9 Å². The monoisotopic (exact) mass is 340 g/mol. The molecule has 2 aromatic carbocycles. The Morgan fingerprint density at radius 2 is 1.76 bits per heavy atom. The van der Waals surface area contributed by atoms with Crippen molar-refractivity contribution in [1.29, 1.82) is 0 Å². The van der Waals surface area contributed by atoms with Crippen molar-refractivity contribution in [3.8, 4) is 11.5 Å². The molecular weight excluding hydrogens is 316 g/mol. The van der Waals surface area contributed by atoms with E-state index in [4.69, 9.17) is 4.74 Å². The van der Waals surface area contributed by atoms with E-state index in [1.807, 2.05) is 12.1 Å². The Bertz CT molecular complexity index is 788. The first-order valence-electron chi connectivity index (χ1n) is 8.05. The van der Waals surface area contributed by atoms with E-state index in [0.29, 0.717) is 22.6 Å². The number of phenols is 1. The molecule has 2 N–H and O–H groups in total. The Balaban J connectivity index is 2.11. The number of benzene rings is 2. The van der Waals surface area contributed by atoms with Gasteiger partial charge in [-0.3, -0.25) is 4.79 Å². The van der Waals surface area contributed by atoms with E-state index >= 15 is 0 Å². The summed E-state index contributed by atoms with van der Waals surface area (Å²) in [6.45, 7) is 8.08. The quantitative estimate of drug-likeness (QED) is 0.656. The van der Waals surface area contributed by atoms with Gasteiger partial charge in [-0.25, -0.2) is 5.43 Å². The number of hydrazone groups is 1. The average Bonchev–Trinajstić information content (AvgIpc) is 2.58. The number of methoxy groups -OCH3 is 1. The predicted molar refractivity (Wildman–Crippen MR) is 99.5 cm³/mol.